The third-order valence-electron chi connectivity index (χ3n) is 2.21. The largest absolute Gasteiger partial charge is 0.351 e. The van der Waals surface area contributed by atoms with Gasteiger partial charge in [0.15, 0.2) is 0 Å². The number of aryl methyl sites for hydroxylation is 1. The van der Waals surface area contributed by atoms with Gasteiger partial charge in [-0.1, -0.05) is 0 Å². The van der Waals surface area contributed by atoms with Crippen molar-refractivity contribution >= 4 is 21.6 Å². The number of carbonyl (C=O) groups is 1. The number of nitro groups is 1. The molecule has 8 nitrogen and oxygen atoms in total. The fourth-order valence-electron chi connectivity index (χ4n) is 1.41. The minimum Gasteiger partial charge on any atom is -0.351 e. The van der Waals surface area contributed by atoms with Gasteiger partial charge < -0.3 is 5.32 Å². The summed E-state index contributed by atoms with van der Waals surface area (Å²) in [4.78, 5) is 21.7. The second-order valence-electron chi connectivity index (χ2n) is 3.94. The van der Waals surface area contributed by atoms with Crippen LogP contribution in [0.4, 0.5) is 5.69 Å². The van der Waals surface area contributed by atoms with E-state index >= 15 is 0 Å². The molecule has 0 bridgehead atoms. The maximum atomic E-state index is 11.7. The third kappa shape index (κ3) is 5.02. The Labute approximate surface area is 109 Å². The quantitative estimate of drug-likeness (QED) is 0.577. The van der Waals surface area contributed by atoms with Gasteiger partial charge in [-0.25, -0.2) is 13.6 Å². The summed E-state index contributed by atoms with van der Waals surface area (Å²) < 4.78 is 21.4. The molecule has 9 heteroatoms. The summed E-state index contributed by atoms with van der Waals surface area (Å²) in [5.41, 5.74) is 0.462. The number of amides is 1. The second kappa shape index (κ2) is 5.76. The van der Waals surface area contributed by atoms with Crippen LogP contribution in [0, 0.1) is 17.0 Å². The zero-order valence-electron chi connectivity index (χ0n) is 10.1. The Morgan fingerprint density at radius 1 is 1.42 bits per heavy atom. The molecule has 0 heterocycles. The number of hydrogen-bond acceptors (Lipinski definition) is 5. The summed E-state index contributed by atoms with van der Waals surface area (Å²) in [6.07, 6.45) is 0. The van der Waals surface area contributed by atoms with Crippen LogP contribution in [0.1, 0.15) is 15.9 Å². The van der Waals surface area contributed by atoms with Gasteiger partial charge in [0, 0.05) is 24.2 Å². The van der Waals surface area contributed by atoms with Crippen molar-refractivity contribution in [2.45, 2.75) is 6.92 Å². The number of sulfonamides is 1. The highest BCUT2D eigenvalue weighted by Gasteiger charge is 2.13. The van der Waals surface area contributed by atoms with Crippen LogP contribution in [0.25, 0.3) is 0 Å². The van der Waals surface area contributed by atoms with Crippen molar-refractivity contribution in [2.75, 3.05) is 12.3 Å². The fourth-order valence-corrected chi connectivity index (χ4v) is 1.79. The van der Waals surface area contributed by atoms with Crippen molar-refractivity contribution in [2.24, 2.45) is 5.14 Å². The lowest BCUT2D eigenvalue weighted by Gasteiger charge is -2.05. The number of carbonyl (C=O) groups excluding carboxylic acids is 1. The number of nitro benzene ring substituents is 1. The lowest BCUT2D eigenvalue weighted by molar-refractivity contribution is -0.384. The number of rotatable bonds is 5. The van der Waals surface area contributed by atoms with Gasteiger partial charge in [-0.2, -0.15) is 0 Å². The molecule has 0 aliphatic rings. The summed E-state index contributed by atoms with van der Waals surface area (Å²) in [5, 5.41) is 17.8. The van der Waals surface area contributed by atoms with Crippen molar-refractivity contribution in [3.05, 3.63) is 39.4 Å². The molecule has 0 fully saturated rings. The van der Waals surface area contributed by atoms with Crippen molar-refractivity contribution < 1.29 is 18.1 Å². The van der Waals surface area contributed by atoms with Crippen molar-refractivity contribution in [1.82, 2.24) is 5.32 Å². The highest BCUT2D eigenvalue weighted by Crippen LogP contribution is 2.16. The highest BCUT2D eigenvalue weighted by molar-refractivity contribution is 7.89. The molecule has 0 saturated heterocycles. The number of nitrogens with one attached hydrogen (secondary N) is 1. The molecular weight excluding hydrogens is 274 g/mol. The molecule has 0 unspecified atom stereocenters. The van der Waals surface area contributed by atoms with Gasteiger partial charge in [0.05, 0.1) is 10.7 Å². The molecule has 19 heavy (non-hydrogen) atoms. The van der Waals surface area contributed by atoms with E-state index in [0.29, 0.717) is 5.56 Å². The molecule has 1 amide bonds. The molecule has 0 aromatic heterocycles. The van der Waals surface area contributed by atoms with Crippen LogP contribution in [0.5, 0.6) is 0 Å². The van der Waals surface area contributed by atoms with E-state index in [1.807, 2.05) is 0 Å². The molecule has 1 aromatic rings. The zero-order chi connectivity index (χ0) is 14.6. The molecule has 0 spiro atoms. The predicted molar refractivity (Wildman–Crippen MR) is 68.1 cm³/mol. The van der Waals surface area contributed by atoms with E-state index in [1.54, 1.807) is 6.92 Å². The lowest BCUT2D eigenvalue weighted by atomic mass is 10.1. The van der Waals surface area contributed by atoms with Gasteiger partial charge in [-0.15, -0.1) is 0 Å². The highest BCUT2D eigenvalue weighted by atomic mass is 32.2. The minimum absolute atomic E-state index is 0.0983. The molecule has 1 rings (SSSR count). The lowest BCUT2D eigenvalue weighted by Crippen LogP contribution is -2.31. The molecule has 0 radical (unpaired) electrons. The van der Waals surface area contributed by atoms with Crippen LogP contribution in [0.2, 0.25) is 0 Å². The Kier molecular flexibility index (Phi) is 4.57. The van der Waals surface area contributed by atoms with Gasteiger partial charge in [0.25, 0.3) is 11.6 Å². The number of nitrogens with two attached hydrogens (primary N) is 1. The molecular formula is C10H13N3O5S. The number of primary sulfonamides is 1. The summed E-state index contributed by atoms with van der Waals surface area (Å²) in [6.45, 7) is 1.47. The Hall–Kier alpha value is -2.00. The van der Waals surface area contributed by atoms with E-state index < -0.39 is 26.6 Å². The smallest absolute Gasteiger partial charge is 0.270 e. The van der Waals surface area contributed by atoms with Crippen LogP contribution in [0.3, 0.4) is 0 Å². The van der Waals surface area contributed by atoms with E-state index in [4.69, 9.17) is 5.14 Å². The standard InChI is InChI=1S/C10H13N3O5S/c1-7-4-8(6-9(5-7)13(15)16)10(14)12-2-3-19(11,17)18/h4-6H,2-3H2,1H3,(H,12,14)(H2,11,17,18). The van der Waals surface area contributed by atoms with Crippen molar-refractivity contribution in [3.63, 3.8) is 0 Å². The van der Waals surface area contributed by atoms with Crippen molar-refractivity contribution in [3.8, 4) is 0 Å². The van der Waals surface area contributed by atoms with Crippen molar-refractivity contribution in [1.29, 1.82) is 0 Å². The first-order valence-electron chi connectivity index (χ1n) is 5.24. The van der Waals surface area contributed by atoms with E-state index in [0.717, 1.165) is 6.07 Å². The summed E-state index contributed by atoms with van der Waals surface area (Å²) in [6, 6.07) is 3.93. The van der Waals surface area contributed by atoms with Gasteiger partial charge in [0.2, 0.25) is 10.0 Å². The number of non-ortho nitro benzene ring substituents is 1. The predicted octanol–water partition coefficient (Wildman–Crippen LogP) is -0.0785. The monoisotopic (exact) mass is 287 g/mol. The van der Waals surface area contributed by atoms with Gasteiger partial charge in [-0.3, -0.25) is 14.9 Å². The van der Waals surface area contributed by atoms with Crippen LogP contribution in [0.15, 0.2) is 18.2 Å². The normalized spacial score (nSPS) is 11.1. The molecule has 3 N–H and O–H groups in total. The number of nitrogens with zero attached hydrogens (tertiary/aromatic N) is 1. The Morgan fingerprint density at radius 2 is 2.05 bits per heavy atom. The fraction of sp³-hybridized carbons (Fsp3) is 0.300. The zero-order valence-corrected chi connectivity index (χ0v) is 10.9. The third-order valence-corrected chi connectivity index (χ3v) is 2.98. The van der Waals surface area contributed by atoms with Crippen LogP contribution in [-0.2, 0) is 10.0 Å². The first-order chi connectivity index (χ1) is 8.69. The van der Waals surface area contributed by atoms with E-state index in [-0.39, 0.29) is 17.8 Å². The van der Waals surface area contributed by atoms with Crippen LogP contribution < -0.4 is 10.5 Å². The van der Waals surface area contributed by atoms with Gasteiger partial charge in [0.1, 0.15) is 0 Å². The topological polar surface area (TPSA) is 132 Å². The van der Waals surface area contributed by atoms with Gasteiger partial charge in [-0.05, 0) is 18.6 Å². The van der Waals surface area contributed by atoms with Crippen LogP contribution in [-0.4, -0.2) is 31.5 Å². The van der Waals surface area contributed by atoms with E-state index in [1.165, 1.54) is 12.1 Å². The first-order valence-corrected chi connectivity index (χ1v) is 6.95. The maximum Gasteiger partial charge on any atom is 0.270 e. The number of benzene rings is 1. The molecule has 1 aromatic carbocycles. The molecule has 0 atom stereocenters. The Balaban J connectivity index is 2.80. The average Bonchev–Trinajstić information content (AvgIpc) is 2.26. The van der Waals surface area contributed by atoms with E-state index in [9.17, 15) is 23.3 Å². The molecule has 0 aliphatic carbocycles. The van der Waals surface area contributed by atoms with Crippen LogP contribution >= 0.6 is 0 Å². The Morgan fingerprint density at radius 3 is 2.58 bits per heavy atom. The summed E-state index contributed by atoms with van der Waals surface area (Å²) in [5.74, 6) is -0.984. The SMILES string of the molecule is Cc1cc(C(=O)NCCS(N)(=O)=O)cc([N+](=O)[O-])c1. The second-order valence-corrected chi connectivity index (χ2v) is 5.67. The van der Waals surface area contributed by atoms with E-state index in [2.05, 4.69) is 5.32 Å². The minimum atomic E-state index is -3.65. The molecule has 0 saturated carbocycles. The average molecular weight is 287 g/mol. The Bertz CT molecular complexity index is 612. The van der Waals surface area contributed by atoms with Gasteiger partial charge >= 0.3 is 0 Å². The first kappa shape index (κ1) is 15.1. The summed E-state index contributed by atoms with van der Waals surface area (Å²) >= 11 is 0. The summed E-state index contributed by atoms with van der Waals surface area (Å²) in [7, 11) is -3.65. The number of hydrogen-bond donors (Lipinski definition) is 2. The maximum absolute atomic E-state index is 11.7. The molecule has 0 aliphatic heterocycles. The molecule has 104 valence electrons.